The van der Waals surface area contributed by atoms with Crippen LogP contribution in [-0.2, 0) is 12.0 Å². The zero-order chi connectivity index (χ0) is 22.9. The summed E-state index contributed by atoms with van der Waals surface area (Å²) in [6, 6.07) is 15.9. The van der Waals surface area contributed by atoms with E-state index in [0.29, 0.717) is 6.54 Å². The van der Waals surface area contributed by atoms with Crippen LogP contribution in [0.5, 0.6) is 0 Å². The smallest absolute Gasteiger partial charge is 0.291 e. The van der Waals surface area contributed by atoms with Crippen LogP contribution >= 0.6 is 0 Å². The highest BCUT2D eigenvalue weighted by molar-refractivity contribution is 5.78. The molecule has 2 aromatic carbocycles. The first-order valence-electron chi connectivity index (χ1n) is 10.6. The fourth-order valence-electron chi connectivity index (χ4n) is 3.74. The number of benzene rings is 2. The van der Waals surface area contributed by atoms with E-state index < -0.39 is 0 Å². The van der Waals surface area contributed by atoms with Crippen molar-refractivity contribution in [1.82, 2.24) is 29.3 Å². The van der Waals surface area contributed by atoms with Crippen molar-refractivity contribution in [2.45, 2.75) is 46.1 Å². The standard InChI is InChI=1S/C24H26N6O2/c1-5-22(31)29-15-21(24(2,3)4)28(23(29)32)14-17-10-12-18(13-11-17)19-8-6-7-9-20(19)30-16-25-26-27-30/h6-13,15-16H,5,14H2,1-4H3. The minimum atomic E-state index is -0.296. The van der Waals surface area contributed by atoms with Gasteiger partial charge in [-0.15, -0.1) is 5.10 Å². The monoisotopic (exact) mass is 430 g/mol. The largest absolute Gasteiger partial charge is 0.335 e. The molecule has 164 valence electrons. The van der Waals surface area contributed by atoms with Crippen LogP contribution in [0.25, 0.3) is 16.8 Å². The normalized spacial score (nSPS) is 11.6. The average Bonchev–Trinajstić information content (AvgIpc) is 3.43. The topological polar surface area (TPSA) is 87.6 Å². The number of hydrogen-bond acceptors (Lipinski definition) is 5. The van der Waals surface area contributed by atoms with Gasteiger partial charge in [0.05, 0.1) is 12.2 Å². The summed E-state index contributed by atoms with van der Waals surface area (Å²) in [6.07, 6.45) is 3.53. The number of hydrogen-bond donors (Lipinski definition) is 0. The lowest BCUT2D eigenvalue weighted by Crippen LogP contribution is -2.30. The van der Waals surface area contributed by atoms with Gasteiger partial charge in [-0.3, -0.25) is 9.36 Å². The van der Waals surface area contributed by atoms with Crippen LogP contribution in [0.3, 0.4) is 0 Å². The van der Waals surface area contributed by atoms with Gasteiger partial charge in [-0.25, -0.2) is 9.36 Å². The highest BCUT2D eigenvalue weighted by atomic mass is 16.2. The predicted molar refractivity (Wildman–Crippen MR) is 122 cm³/mol. The van der Waals surface area contributed by atoms with Crippen molar-refractivity contribution >= 4 is 5.91 Å². The molecule has 0 saturated heterocycles. The molecule has 0 amide bonds. The molecule has 8 heteroatoms. The van der Waals surface area contributed by atoms with E-state index in [2.05, 4.69) is 15.5 Å². The Morgan fingerprint density at radius 1 is 1.03 bits per heavy atom. The molecule has 2 heterocycles. The van der Waals surface area contributed by atoms with E-state index in [-0.39, 0.29) is 23.4 Å². The number of carbonyl (C=O) groups excluding carboxylic acids is 1. The Morgan fingerprint density at radius 3 is 2.38 bits per heavy atom. The summed E-state index contributed by atoms with van der Waals surface area (Å²) >= 11 is 0. The van der Waals surface area contributed by atoms with E-state index in [1.165, 1.54) is 4.57 Å². The van der Waals surface area contributed by atoms with Crippen molar-refractivity contribution < 1.29 is 4.79 Å². The summed E-state index contributed by atoms with van der Waals surface area (Å²) in [5.74, 6) is -0.200. The van der Waals surface area contributed by atoms with Crippen LogP contribution in [0.2, 0.25) is 0 Å². The first-order valence-corrected chi connectivity index (χ1v) is 10.6. The van der Waals surface area contributed by atoms with Crippen molar-refractivity contribution in [3.63, 3.8) is 0 Å². The van der Waals surface area contributed by atoms with Gasteiger partial charge in [0.1, 0.15) is 6.33 Å². The fraction of sp³-hybridized carbons (Fsp3) is 0.292. The van der Waals surface area contributed by atoms with Crippen molar-refractivity contribution in [2.24, 2.45) is 0 Å². The highest BCUT2D eigenvalue weighted by Gasteiger charge is 2.24. The second-order valence-electron chi connectivity index (χ2n) is 8.72. The Labute approximate surface area is 186 Å². The van der Waals surface area contributed by atoms with Gasteiger partial charge in [0.25, 0.3) is 0 Å². The summed E-state index contributed by atoms with van der Waals surface area (Å²) in [4.78, 5) is 25.2. The fourth-order valence-corrected chi connectivity index (χ4v) is 3.74. The Hall–Kier alpha value is -3.81. The van der Waals surface area contributed by atoms with Gasteiger partial charge in [-0.1, -0.05) is 70.2 Å². The van der Waals surface area contributed by atoms with Gasteiger partial charge in [-0.2, -0.15) is 4.68 Å². The molecule has 0 spiro atoms. The number of para-hydroxylation sites is 1. The van der Waals surface area contributed by atoms with E-state index >= 15 is 0 Å². The van der Waals surface area contributed by atoms with Gasteiger partial charge in [0, 0.05) is 29.3 Å². The summed E-state index contributed by atoms with van der Waals surface area (Å²) in [5, 5.41) is 11.4. The highest BCUT2D eigenvalue weighted by Crippen LogP contribution is 2.27. The number of tetrazole rings is 1. The molecule has 4 rings (SSSR count). The van der Waals surface area contributed by atoms with E-state index in [0.717, 1.165) is 28.1 Å². The zero-order valence-electron chi connectivity index (χ0n) is 18.7. The molecule has 2 aromatic heterocycles. The summed E-state index contributed by atoms with van der Waals surface area (Å²) in [5.41, 5.74) is 4.13. The van der Waals surface area contributed by atoms with Crippen LogP contribution in [0.1, 0.15) is 50.2 Å². The second-order valence-corrected chi connectivity index (χ2v) is 8.72. The van der Waals surface area contributed by atoms with E-state index in [1.54, 1.807) is 28.7 Å². The third-order valence-corrected chi connectivity index (χ3v) is 5.42. The minimum absolute atomic E-state index is 0.200. The number of aromatic nitrogens is 6. The number of nitrogens with zero attached hydrogens (tertiary/aromatic N) is 6. The maximum absolute atomic E-state index is 13.0. The van der Waals surface area contributed by atoms with Crippen LogP contribution in [-0.4, -0.2) is 35.2 Å². The van der Waals surface area contributed by atoms with Gasteiger partial charge < -0.3 is 0 Å². The molecule has 0 aliphatic carbocycles. The van der Waals surface area contributed by atoms with E-state index in [1.807, 2.05) is 69.3 Å². The predicted octanol–water partition coefficient (Wildman–Crippen LogP) is 3.69. The molecule has 0 radical (unpaired) electrons. The van der Waals surface area contributed by atoms with Crippen molar-refractivity contribution in [1.29, 1.82) is 0 Å². The summed E-state index contributed by atoms with van der Waals surface area (Å²) in [7, 11) is 0. The van der Waals surface area contributed by atoms with Crippen LogP contribution in [0.4, 0.5) is 0 Å². The third kappa shape index (κ3) is 4.03. The number of imidazole rings is 1. The molecule has 0 N–H and O–H groups in total. The molecule has 0 aliphatic heterocycles. The molecular weight excluding hydrogens is 404 g/mol. The maximum atomic E-state index is 13.0. The van der Waals surface area contributed by atoms with Crippen LogP contribution in [0, 0.1) is 0 Å². The van der Waals surface area contributed by atoms with E-state index in [4.69, 9.17) is 0 Å². The number of rotatable bonds is 5. The molecule has 0 atom stereocenters. The second kappa shape index (κ2) is 8.37. The minimum Gasteiger partial charge on any atom is -0.291 e. The molecule has 0 bridgehead atoms. The molecule has 0 fully saturated rings. The van der Waals surface area contributed by atoms with Gasteiger partial charge >= 0.3 is 5.69 Å². The Morgan fingerprint density at radius 2 is 1.75 bits per heavy atom. The van der Waals surface area contributed by atoms with Gasteiger partial charge in [0.2, 0.25) is 5.91 Å². The summed E-state index contributed by atoms with van der Waals surface area (Å²) in [6.45, 7) is 8.27. The lowest BCUT2D eigenvalue weighted by molar-refractivity contribution is 0.0904. The molecule has 32 heavy (non-hydrogen) atoms. The van der Waals surface area contributed by atoms with Crippen molar-refractivity contribution in [3.05, 3.63) is 82.8 Å². The van der Waals surface area contributed by atoms with Crippen molar-refractivity contribution in [2.75, 3.05) is 0 Å². The van der Waals surface area contributed by atoms with Gasteiger partial charge in [0.15, 0.2) is 0 Å². The van der Waals surface area contributed by atoms with Crippen LogP contribution < -0.4 is 5.69 Å². The average molecular weight is 431 g/mol. The Kier molecular flexibility index (Phi) is 5.61. The lowest BCUT2D eigenvalue weighted by Gasteiger charge is -2.20. The van der Waals surface area contributed by atoms with E-state index in [9.17, 15) is 9.59 Å². The van der Waals surface area contributed by atoms with Gasteiger partial charge in [-0.05, 0) is 27.6 Å². The van der Waals surface area contributed by atoms with Crippen LogP contribution in [0.15, 0.2) is 65.8 Å². The first kappa shape index (κ1) is 21.4. The zero-order valence-corrected chi connectivity index (χ0v) is 18.7. The third-order valence-electron chi connectivity index (χ3n) is 5.42. The first-order chi connectivity index (χ1) is 15.3. The molecule has 0 saturated carbocycles. The maximum Gasteiger partial charge on any atom is 0.335 e. The molecule has 4 aromatic rings. The summed E-state index contributed by atoms with van der Waals surface area (Å²) < 4.78 is 4.56. The molecule has 0 unspecified atom stereocenters. The molecular formula is C24H26N6O2. The number of carbonyl (C=O) groups is 1. The Balaban J connectivity index is 1.69. The lowest BCUT2D eigenvalue weighted by atomic mass is 9.92. The molecule has 8 nitrogen and oxygen atoms in total. The Bertz CT molecular complexity index is 1290. The molecule has 0 aliphatic rings. The SMILES string of the molecule is CCC(=O)n1cc(C(C)(C)C)n(Cc2ccc(-c3ccccc3-n3cnnn3)cc2)c1=O. The quantitative estimate of drug-likeness (QED) is 0.482. The van der Waals surface area contributed by atoms with Crippen molar-refractivity contribution in [3.8, 4) is 16.8 Å².